The standard InChI is InChI=1S/C16H24ClF3N4O2Si/c1-25-6-5-21-13-12-11(16(18,19)20)9-24(14(12)23-15(17)22-13)10-26-7-8-27(2,3)4/h9H,5-8,10H2,1-4H3,(H,21,22,23). The van der Waals surface area contributed by atoms with Crippen LogP contribution in [-0.2, 0) is 22.4 Å². The lowest BCUT2D eigenvalue weighted by atomic mass is 10.2. The summed E-state index contributed by atoms with van der Waals surface area (Å²) in [5.74, 6) is 0.0234. The molecule has 1 N–H and O–H groups in total. The van der Waals surface area contributed by atoms with E-state index in [0.29, 0.717) is 13.2 Å². The lowest BCUT2D eigenvalue weighted by Gasteiger charge is -2.15. The van der Waals surface area contributed by atoms with E-state index in [4.69, 9.17) is 21.1 Å². The Hall–Kier alpha value is -1.36. The monoisotopic (exact) mass is 424 g/mol. The Morgan fingerprint density at radius 2 is 1.93 bits per heavy atom. The van der Waals surface area contributed by atoms with Crippen LogP contribution in [0.5, 0.6) is 0 Å². The van der Waals surface area contributed by atoms with Crippen LogP contribution in [0.2, 0.25) is 31.0 Å². The average molecular weight is 425 g/mol. The van der Waals surface area contributed by atoms with Crippen LogP contribution in [-0.4, -0.2) is 49.5 Å². The van der Waals surface area contributed by atoms with E-state index in [-0.39, 0.29) is 35.4 Å². The van der Waals surface area contributed by atoms with Gasteiger partial charge in [-0.25, -0.2) is 4.98 Å². The molecule has 6 nitrogen and oxygen atoms in total. The Morgan fingerprint density at radius 1 is 1.22 bits per heavy atom. The summed E-state index contributed by atoms with van der Waals surface area (Å²) in [6.45, 7) is 7.64. The highest BCUT2D eigenvalue weighted by molar-refractivity contribution is 6.76. The number of alkyl halides is 3. The molecule has 0 saturated carbocycles. The number of rotatable bonds is 9. The molecule has 0 aliphatic rings. The maximum Gasteiger partial charge on any atom is 0.418 e. The van der Waals surface area contributed by atoms with Crippen molar-refractivity contribution < 1.29 is 22.6 Å². The zero-order chi connectivity index (χ0) is 20.2. The molecule has 152 valence electrons. The number of hydrogen-bond donors (Lipinski definition) is 1. The zero-order valence-electron chi connectivity index (χ0n) is 15.8. The lowest BCUT2D eigenvalue weighted by Crippen LogP contribution is -2.22. The molecule has 0 unspecified atom stereocenters. The van der Waals surface area contributed by atoms with Crippen LogP contribution in [0.25, 0.3) is 11.0 Å². The van der Waals surface area contributed by atoms with Gasteiger partial charge in [-0.2, -0.15) is 18.2 Å². The second-order valence-corrected chi connectivity index (χ2v) is 13.3. The molecular formula is C16H24ClF3N4O2Si. The molecule has 0 aliphatic heterocycles. The van der Waals surface area contributed by atoms with Crippen LogP contribution < -0.4 is 5.32 Å². The first kappa shape index (κ1) is 21.9. The number of ether oxygens (including phenoxy) is 2. The SMILES string of the molecule is COCCNc1nc(Cl)nc2c1c(C(F)(F)F)cn2COCC[Si](C)(C)C. The fourth-order valence-corrected chi connectivity index (χ4v) is 3.34. The Labute approximate surface area is 162 Å². The number of nitrogens with zero attached hydrogens (tertiary/aromatic N) is 3. The minimum atomic E-state index is -4.56. The van der Waals surface area contributed by atoms with Gasteiger partial charge in [0.2, 0.25) is 5.28 Å². The summed E-state index contributed by atoms with van der Waals surface area (Å²) >= 11 is 5.93. The molecule has 0 bridgehead atoms. The third-order valence-corrected chi connectivity index (χ3v) is 5.69. The normalized spacial score (nSPS) is 12.7. The third-order valence-electron chi connectivity index (χ3n) is 3.82. The number of nitrogens with one attached hydrogen (secondary N) is 1. The molecule has 0 aliphatic carbocycles. The fourth-order valence-electron chi connectivity index (χ4n) is 2.41. The number of fused-ring (bicyclic) bond motifs is 1. The van der Waals surface area contributed by atoms with Crippen LogP contribution in [0.1, 0.15) is 5.56 Å². The topological polar surface area (TPSA) is 61.2 Å². The summed E-state index contributed by atoms with van der Waals surface area (Å²) in [6.07, 6.45) is -3.57. The number of aromatic nitrogens is 3. The molecule has 0 fully saturated rings. The summed E-state index contributed by atoms with van der Waals surface area (Å²) in [7, 11) is 0.206. The van der Waals surface area contributed by atoms with E-state index in [9.17, 15) is 13.2 Å². The van der Waals surface area contributed by atoms with Crippen molar-refractivity contribution in [2.24, 2.45) is 0 Å². The Kier molecular flexibility index (Phi) is 7.12. The van der Waals surface area contributed by atoms with Crippen molar-refractivity contribution in [2.75, 3.05) is 32.2 Å². The Morgan fingerprint density at radius 3 is 2.52 bits per heavy atom. The van der Waals surface area contributed by atoms with Crippen LogP contribution in [0.3, 0.4) is 0 Å². The lowest BCUT2D eigenvalue weighted by molar-refractivity contribution is -0.136. The van der Waals surface area contributed by atoms with Crippen molar-refractivity contribution in [1.82, 2.24) is 14.5 Å². The van der Waals surface area contributed by atoms with Gasteiger partial charge in [0.05, 0.1) is 17.6 Å². The minimum absolute atomic E-state index is 0.0234. The van der Waals surface area contributed by atoms with E-state index in [0.717, 1.165) is 12.2 Å². The molecule has 0 amide bonds. The highest BCUT2D eigenvalue weighted by Crippen LogP contribution is 2.38. The molecule has 2 aromatic heterocycles. The summed E-state index contributed by atoms with van der Waals surface area (Å²) < 4.78 is 52.5. The van der Waals surface area contributed by atoms with Crippen LogP contribution >= 0.6 is 11.6 Å². The summed E-state index contributed by atoms with van der Waals surface area (Å²) in [6, 6.07) is 0.915. The highest BCUT2D eigenvalue weighted by Gasteiger charge is 2.36. The second kappa shape index (κ2) is 8.76. The number of methoxy groups -OCH3 is 1. The smallest absolute Gasteiger partial charge is 0.383 e. The molecular weight excluding hydrogens is 401 g/mol. The van der Waals surface area contributed by atoms with Gasteiger partial charge in [-0.1, -0.05) is 19.6 Å². The Balaban J connectivity index is 2.37. The van der Waals surface area contributed by atoms with Gasteiger partial charge in [-0.3, -0.25) is 0 Å². The van der Waals surface area contributed by atoms with Crippen LogP contribution in [0, 0.1) is 0 Å². The Bertz CT molecular complexity index is 778. The molecule has 2 rings (SSSR count). The van der Waals surface area contributed by atoms with Crippen molar-refractivity contribution in [2.45, 2.75) is 38.6 Å². The van der Waals surface area contributed by atoms with Gasteiger partial charge in [0.15, 0.2) is 0 Å². The van der Waals surface area contributed by atoms with Crippen LogP contribution in [0.4, 0.5) is 19.0 Å². The highest BCUT2D eigenvalue weighted by atomic mass is 35.5. The number of hydrogen-bond acceptors (Lipinski definition) is 5. The van der Waals surface area contributed by atoms with Gasteiger partial charge < -0.3 is 19.4 Å². The third kappa shape index (κ3) is 6.06. The summed E-state index contributed by atoms with van der Waals surface area (Å²) in [5, 5.41) is 2.56. The van der Waals surface area contributed by atoms with Gasteiger partial charge in [0, 0.05) is 34.5 Å². The van der Waals surface area contributed by atoms with Crippen molar-refractivity contribution >= 4 is 36.5 Å². The largest absolute Gasteiger partial charge is 0.418 e. The van der Waals surface area contributed by atoms with E-state index < -0.39 is 19.8 Å². The van der Waals surface area contributed by atoms with Crippen molar-refractivity contribution in [3.05, 3.63) is 17.0 Å². The predicted octanol–water partition coefficient (Wildman–Crippen LogP) is 4.47. The second-order valence-electron chi connectivity index (χ2n) is 7.32. The van der Waals surface area contributed by atoms with Crippen molar-refractivity contribution in [3.63, 3.8) is 0 Å². The average Bonchev–Trinajstić information content (AvgIpc) is 2.90. The summed E-state index contributed by atoms with van der Waals surface area (Å²) in [4.78, 5) is 7.93. The van der Waals surface area contributed by atoms with E-state index >= 15 is 0 Å². The molecule has 11 heteroatoms. The number of halogens is 4. The molecule has 0 radical (unpaired) electrons. The molecule has 0 saturated heterocycles. The van der Waals surface area contributed by atoms with Crippen molar-refractivity contribution in [3.8, 4) is 0 Å². The molecule has 0 aromatic carbocycles. The quantitative estimate of drug-likeness (QED) is 0.365. The van der Waals surface area contributed by atoms with Gasteiger partial charge in [0.25, 0.3) is 0 Å². The first-order chi connectivity index (χ1) is 12.5. The van der Waals surface area contributed by atoms with Crippen molar-refractivity contribution in [1.29, 1.82) is 0 Å². The predicted molar refractivity (Wildman–Crippen MR) is 102 cm³/mol. The molecule has 27 heavy (non-hydrogen) atoms. The first-order valence-electron chi connectivity index (χ1n) is 8.47. The number of anilines is 1. The van der Waals surface area contributed by atoms with Gasteiger partial charge in [0.1, 0.15) is 18.2 Å². The van der Waals surface area contributed by atoms with E-state index in [1.54, 1.807) is 0 Å². The molecule has 0 atom stereocenters. The van der Waals surface area contributed by atoms with Gasteiger partial charge in [-0.15, -0.1) is 0 Å². The van der Waals surface area contributed by atoms with E-state index in [1.165, 1.54) is 11.7 Å². The zero-order valence-corrected chi connectivity index (χ0v) is 17.5. The van der Waals surface area contributed by atoms with Gasteiger partial charge in [-0.05, 0) is 17.6 Å². The van der Waals surface area contributed by atoms with E-state index in [2.05, 4.69) is 34.9 Å². The van der Waals surface area contributed by atoms with Crippen LogP contribution in [0.15, 0.2) is 6.20 Å². The summed E-state index contributed by atoms with van der Waals surface area (Å²) in [5.41, 5.74) is -0.752. The molecule has 0 spiro atoms. The maximum atomic E-state index is 13.6. The molecule has 2 heterocycles. The van der Waals surface area contributed by atoms with E-state index in [1.807, 2.05) is 0 Å². The molecule has 2 aromatic rings. The van der Waals surface area contributed by atoms with Gasteiger partial charge >= 0.3 is 6.18 Å². The fraction of sp³-hybridized carbons (Fsp3) is 0.625. The first-order valence-corrected chi connectivity index (χ1v) is 12.6. The minimum Gasteiger partial charge on any atom is -0.383 e. The maximum absolute atomic E-state index is 13.6.